The van der Waals surface area contributed by atoms with Gasteiger partial charge in [0.15, 0.2) is 0 Å². The van der Waals surface area contributed by atoms with E-state index in [4.69, 9.17) is 5.11 Å². The number of carboxylic acids is 1. The maximum Gasteiger partial charge on any atom is 0.416 e. The second-order valence-electron chi connectivity index (χ2n) is 5.63. The number of aliphatic carboxylic acids is 1. The number of carboxylic acid groups (broad SMARTS) is 1. The lowest BCUT2D eigenvalue weighted by Crippen LogP contribution is -2.34. The minimum Gasteiger partial charge on any atom is -0.481 e. The van der Waals surface area contributed by atoms with Crippen LogP contribution in [0.25, 0.3) is 0 Å². The maximum atomic E-state index is 12.7. The van der Waals surface area contributed by atoms with Crippen LogP contribution in [0.3, 0.4) is 0 Å². The van der Waals surface area contributed by atoms with Gasteiger partial charge in [-0.15, -0.1) is 0 Å². The number of benzene rings is 1. The summed E-state index contributed by atoms with van der Waals surface area (Å²) in [6, 6.07) is 5.04. The summed E-state index contributed by atoms with van der Waals surface area (Å²) in [6.45, 7) is 2.26. The van der Waals surface area contributed by atoms with Crippen molar-refractivity contribution in [1.29, 1.82) is 0 Å². The van der Waals surface area contributed by atoms with E-state index < -0.39 is 17.7 Å². The van der Waals surface area contributed by atoms with E-state index in [0.29, 0.717) is 18.5 Å². The lowest BCUT2D eigenvalue weighted by molar-refractivity contribution is -0.139. The van der Waals surface area contributed by atoms with Crippen LogP contribution in [0, 0.1) is 5.92 Å². The minimum atomic E-state index is -4.40. The Bertz CT molecular complexity index is 600. The number of halogens is 3. The van der Waals surface area contributed by atoms with E-state index in [1.54, 1.807) is 13.0 Å². The molecule has 0 aliphatic heterocycles. The highest BCUT2D eigenvalue weighted by Crippen LogP contribution is 2.49. The van der Waals surface area contributed by atoms with Crippen LogP contribution in [0.15, 0.2) is 24.3 Å². The summed E-state index contributed by atoms with van der Waals surface area (Å²) < 4.78 is 38.2. The summed E-state index contributed by atoms with van der Waals surface area (Å²) in [4.78, 5) is 24.4. The topological polar surface area (TPSA) is 57.6 Å². The van der Waals surface area contributed by atoms with Gasteiger partial charge in [-0.3, -0.25) is 9.59 Å². The lowest BCUT2D eigenvalue weighted by Gasteiger charge is -2.20. The first kappa shape index (κ1) is 17.3. The second-order valence-corrected chi connectivity index (χ2v) is 5.63. The third kappa shape index (κ3) is 4.24. The quantitative estimate of drug-likeness (QED) is 0.872. The van der Waals surface area contributed by atoms with Crippen LogP contribution in [0.5, 0.6) is 0 Å². The predicted octanol–water partition coefficient (Wildman–Crippen LogP) is 3.13. The first-order chi connectivity index (χ1) is 10.7. The van der Waals surface area contributed by atoms with Gasteiger partial charge in [-0.05, 0) is 30.9 Å². The minimum absolute atomic E-state index is 0.122. The van der Waals surface area contributed by atoms with Gasteiger partial charge in [0, 0.05) is 19.0 Å². The van der Waals surface area contributed by atoms with Crippen molar-refractivity contribution in [3.8, 4) is 0 Å². The molecular weight excluding hydrogens is 311 g/mol. The molecule has 2 atom stereocenters. The Morgan fingerprint density at radius 3 is 2.61 bits per heavy atom. The molecule has 0 saturated heterocycles. The highest BCUT2D eigenvalue weighted by atomic mass is 19.4. The molecule has 1 aliphatic rings. The SMILES string of the molecule is CCN(CCC(=O)O)C(=O)C1CC1c1cccc(C(F)(F)F)c1. The summed E-state index contributed by atoms with van der Waals surface area (Å²) >= 11 is 0. The van der Waals surface area contributed by atoms with Crippen molar-refractivity contribution < 1.29 is 27.9 Å². The van der Waals surface area contributed by atoms with Crippen LogP contribution in [0.2, 0.25) is 0 Å². The van der Waals surface area contributed by atoms with Crippen molar-refractivity contribution in [2.75, 3.05) is 13.1 Å². The molecule has 1 fully saturated rings. The van der Waals surface area contributed by atoms with Gasteiger partial charge in [0.05, 0.1) is 12.0 Å². The molecule has 2 rings (SSSR count). The van der Waals surface area contributed by atoms with E-state index >= 15 is 0 Å². The van der Waals surface area contributed by atoms with E-state index in [-0.39, 0.29) is 30.7 Å². The Morgan fingerprint density at radius 1 is 1.35 bits per heavy atom. The van der Waals surface area contributed by atoms with Gasteiger partial charge in [0.1, 0.15) is 0 Å². The van der Waals surface area contributed by atoms with Crippen molar-refractivity contribution in [3.63, 3.8) is 0 Å². The van der Waals surface area contributed by atoms with Gasteiger partial charge in [-0.1, -0.05) is 18.2 Å². The van der Waals surface area contributed by atoms with Crippen LogP contribution >= 0.6 is 0 Å². The normalized spacial score (nSPS) is 20.2. The van der Waals surface area contributed by atoms with Crippen molar-refractivity contribution in [2.24, 2.45) is 5.92 Å². The molecule has 4 nitrogen and oxygen atoms in total. The lowest BCUT2D eigenvalue weighted by atomic mass is 10.0. The summed E-state index contributed by atoms with van der Waals surface area (Å²) in [5.74, 6) is -1.74. The van der Waals surface area contributed by atoms with Gasteiger partial charge < -0.3 is 10.0 Å². The summed E-state index contributed by atoms with van der Waals surface area (Å²) in [5.41, 5.74) is -0.209. The molecule has 1 saturated carbocycles. The second kappa shape index (κ2) is 6.60. The van der Waals surface area contributed by atoms with Crippen LogP contribution in [0.4, 0.5) is 13.2 Å². The molecule has 1 N–H and O–H groups in total. The zero-order valence-corrected chi connectivity index (χ0v) is 12.6. The molecule has 1 aliphatic carbocycles. The van der Waals surface area contributed by atoms with Gasteiger partial charge in [0.25, 0.3) is 0 Å². The predicted molar refractivity (Wildman–Crippen MR) is 76.8 cm³/mol. The number of nitrogens with zero attached hydrogens (tertiary/aromatic N) is 1. The Hall–Kier alpha value is -2.05. The van der Waals surface area contributed by atoms with E-state index in [1.807, 2.05) is 0 Å². The molecule has 1 amide bonds. The summed E-state index contributed by atoms with van der Waals surface area (Å²) in [5, 5.41) is 8.69. The largest absolute Gasteiger partial charge is 0.481 e. The number of alkyl halides is 3. The highest BCUT2D eigenvalue weighted by molar-refractivity contribution is 5.83. The van der Waals surface area contributed by atoms with E-state index in [0.717, 1.165) is 12.1 Å². The number of hydrogen-bond acceptors (Lipinski definition) is 2. The molecule has 23 heavy (non-hydrogen) atoms. The summed E-state index contributed by atoms with van der Waals surface area (Å²) in [6.07, 6.45) is -4.04. The third-order valence-corrected chi connectivity index (χ3v) is 4.04. The van der Waals surface area contributed by atoms with Crippen LogP contribution in [-0.2, 0) is 15.8 Å². The average Bonchev–Trinajstić information content (AvgIpc) is 3.27. The molecule has 1 aromatic rings. The zero-order chi connectivity index (χ0) is 17.2. The molecule has 0 radical (unpaired) electrons. The fourth-order valence-electron chi connectivity index (χ4n) is 2.67. The van der Waals surface area contributed by atoms with Crippen molar-refractivity contribution in [2.45, 2.75) is 31.9 Å². The fraction of sp³-hybridized carbons (Fsp3) is 0.500. The van der Waals surface area contributed by atoms with E-state index in [9.17, 15) is 22.8 Å². The number of carbonyl (C=O) groups excluding carboxylic acids is 1. The van der Waals surface area contributed by atoms with Crippen LogP contribution < -0.4 is 0 Å². The molecule has 1 aromatic carbocycles. The van der Waals surface area contributed by atoms with E-state index in [1.165, 1.54) is 11.0 Å². The third-order valence-electron chi connectivity index (χ3n) is 4.04. The maximum absolute atomic E-state index is 12.7. The molecule has 7 heteroatoms. The van der Waals surface area contributed by atoms with Gasteiger partial charge in [-0.2, -0.15) is 13.2 Å². The Balaban J connectivity index is 2.03. The number of carbonyl (C=O) groups is 2. The van der Waals surface area contributed by atoms with Crippen molar-refractivity contribution in [1.82, 2.24) is 4.90 Å². The number of hydrogen-bond donors (Lipinski definition) is 1. The molecule has 126 valence electrons. The molecular formula is C16H18F3NO3. The highest BCUT2D eigenvalue weighted by Gasteiger charge is 2.46. The Kier molecular flexibility index (Phi) is 4.97. The van der Waals surface area contributed by atoms with Gasteiger partial charge in [-0.25, -0.2) is 0 Å². The van der Waals surface area contributed by atoms with Crippen LogP contribution in [0.1, 0.15) is 36.8 Å². The molecule has 0 heterocycles. The first-order valence-electron chi connectivity index (χ1n) is 7.41. The fourth-order valence-corrected chi connectivity index (χ4v) is 2.67. The van der Waals surface area contributed by atoms with Crippen LogP contribution in [-0.4, -0.2) is 35.0 Å². The van der Waals surface area contributed by atoms with Gasteiger partial charge in [0.2, 0.25) is 5.91 Å². The number of amides is 1. The Morgan fingerprint density at radius 2 is 2.04 bits per heavy atom. The number of rotatable bonds is 6. The smallest absolute Gasteiger partial charge is 0.416 e. The molecule has 0 aromatic heterocycles. The molecule has 0 spiro atoms. The van der Waals surface area contributed by atoms with Crippen molar-refractivity contribution >= 4 is 11.9 Å². The zero-order valence-electron chi connectivity index (χ0n) is 12.6. The van der Waals surface area contributed by atoms with Crippen molar-refractivity contribution in [3.05, 3.63) is 35.4 Å². The van der Waals surface area contributed by atoms with Gasteiger partial charge >= 0.3 is 12.1 Å². The molecule has 2 unspecified atom stereocenters. The van der Waals surface area contributed by atoms with E-state index in [2.05, 4.69) is 0 Å². The Labute approximate surface area is 131 Å². The molecule has 0 bridgehead atoms. The average molecular weight is 329 g/mol. The monoisotopic (exact) mass is 329 g/mol. The standard InChI is InChI=1S/C16H18F3NO3/c1-2-20(7-6-14(21)22)15(23)13-9-12(13)10-4-3-5-11(8-10)16(17,18)19/h3-5,8,12-13H,2,6-7,9H2,1H3,(H,21,22). The first-order valence-corrected chi connectivity index (χ1v) is 7.41. The summed E-state index contributed by atoms with van der Waals surface area (Å²) in [7, 11) is 0.